The Bertz CT molecular complexity index is 607. The van der Waals surface area contributed by atoms with Crippen LogP contribution in [0.15, 0.2) is 30.5 Å². The molecule has 1 aromatic carbocycles. The fraction of sp³-hybridized carbons (Fsp3) is 0.0909. The number of ether oxygens (including phenoxy) is 1. The molecule has 1 aromatic heterocycles. The lowest BCUT2D eigenvalue weighted by Gasteiger charge is -2.10. The Hall–Kier alpha value is -2.51. The molecule has 100 valence electrons. The van der Waals surface area contributed by atoms with Crippen molar-refractivity contribution >= 4 is 12.1 Å². The quantitative estimate of drug-likeness (QED) is 0.868. The second kappa shape index (κ2) is 4.63. The molecule has 1 heterocycles. The average molecular weight is 271 g/mol. The maximum absolute atomic E-state index is 12.1. The third-order valence-electron chi connectivity index (χ3n) is 2.26. The standard InChI is InChI=1S/C11H8F3N3O2/c12-11(13,14)19-9-3-1-2-8(4-9)17-10(15)7(6-18)5-16-17/h1-6H,15H2. The average Bonchev–Trinajstić information content (AvgIpc) is 2.68. The summed E-state index contributed by atoms with van der Waals surface area (Å²) >= 11 is 0. The van der Waals surface area contributed by atoms with Gasteiger partial charge in [0.15, 0.2) is 6.29 Å². The minimum Gasteiger partial charge on any atom is -0.406 e. The molecule has 0 saturated carbocycles. The van der Waals surface area contributed by atoms with Gasteiger partial charge in [0.1, 0.15) is 11.6 Å². The molecule has 0 saturated heterocycles. The van der Waals surface area contributed by atoms with Crippen molar-refractivity contribution in [2.45, 2.75) is 6.36 Å². The van der Waals surface area contributed by atoms with Gasteiger partial charge in [0.2, 0.25) is 0 Å². The zero-order chi connectivity index (χ0) is 14.0. The van der Waals surface area contributed by atoms with Crippen LogP contribution in [-0.4, -0.2) is 22.4 Å². The monoisotopic (exact) mass is 271 g/mol. The molecule has 19 heavy (non-hydrogen) atoms. The van der Waals surface area contributed by atoms with Gasteiger partial charge in [0.05, 0.1) is 17.4 Å². The van der Waals surface area contributed by atoms with Crippen LogP contribution in [-0.2, 0) is 0 Å². The summed E-state index contributed by atoms with van der Waals surface area (Å²) in [6.45, 7) is 0. The largest absolute Gasteiger partial charge is 0.573 e. The number of nitrogen functional groups attached to an aromatic ring is 1. The van der Waals surface area contributed by atoms with Crippen LogP contribution in [0.5, 0.6) is 5.75 Å². The predicted octanol–water partition coefficient (Wildman–Crippen LogP) is 2.17. The summed E-state index contributed by atoms with van der Waals surface area (Å²) in [6.07, 6.45) is -3.04. The molecule has 0 atom stereocenters. The Kier molecular flexibility index (Phi) is 3.16. The number of hydrogen-bond donors (Lipinski definition) is 1. The fourth-order valence-corrected chi connectivity index (χ4v) is 1.48. The van der Waals surface area contributed by atoms with E-state index in [1.165, 1.54) is 18.3 Å². The molecule has 0 spiro atoms. The SMILES string of the molecule is Nc1c(C=O)cnn1-c1cccc(OC(F)(F)F)c1. The number of carbonyl (C=O) groups excluding carboxylic acids is 1. The summed E-state index contributed by atoms with van der Waals surface area (Å²) < 4.78 is 41.2. The summed E-state index contributed by atoms with van der Waals surface area (Å²) in [5.41, 5.74) is 6.04. The first-order chi connectivity index (χ1) is 8.90. The number of nitrogens with zero attached hydrogens (tertiary/aromatic N) is 2. The zero-order valence-corrected chi connectivity index (χ0v) is 9.39. The summed E-state index contributed by atoms with van der Waals surface area (Å²) in [7, 11) is 0. The van der Waals surface area contributed by atoms with Crippen LogP contribution < -0.4 is 10.5 Å². The number of nitrogens with two attached hydrogens (primary N) is 1. The van der Waals surface area contributed by atoms with E-state index >= 15 is 0 Å². The molecule has 0 fully saturated rings. The van der Waals surface area contributed by atoms with Crippen molar-refractivity contribution in [1.29, 1.82) is 0 Å². The summed E-state index contributed by atoms with van der Waals surface area (Å²) in [5, 5.41) is 3.82. The van der Waals surface area contributed by atoms with Crippen molar-refractivity contribution in [1.82, 2.24) is 9.78 Å². The van der Waals surface area contributed by atoms with E-state index in [4.69, 9.17) is 5.73 Å². The Balaban J connectivity index is 2.37. The van der Waals surface area contributed by atoms with Crippen LogP contribution in [0, 0.1) is 0 Å². The second-order valence-electron chi connectivity index (χ2n) is 3.56. The molecule has 2 rings (SSSR count). The lowest BCUT2D eigenvalue weighted by atomic mass is 10.3. The van der Waals surface area contributed by atoms with E-state index in [9.17, 15) is 18.0 Å². The van der Waals surface area contributed by atoms with Gasteiger partial charge in [-0.2, -0.15) is 5.10 Å². The number of carbonyl (C=O) groups is 1. The lowest BCUT2D eigenvalue weighted by Crippen LogP contribution is -2.17. The third-order valence-corrected chi connectivity index (χ3v) is 2.26. The molecule has 2 aromatic rings. The van der Waals surface area contributed by atoms with Crippen molar-refractivity contribution in [2.75, 3.05) is 5.73 Å². The lowest BCUT2D eigenvalue weighted by molar-refractivity contribution is -0.274. The maximum atomic E-state index is 12.1. The summed E-state index contributed by atoms with van der Waals surface area (Å²) in [4.78, 5) is 10.6. The highest BCUT2D eigenvalue weighted by atomic mass is 19.4. The molecule has 0 aliphatic rings. The van der Waals surface area contributed by atoms with Crippen LogP contribution >= 0.6 is 0 Å². The first-order valence-electron chi connectivity index (χ1n) is 5.05. The Morgan fingerprint density at radius 2 is 2.11 bits per heavy atom. The van der Waals surface area contributed by atoms with Crippen LogP contribution in [0.3, 0.4) is 0 Å². The number of anilines is 1. The van der Waals surface area contributed by atoms with Crippen LogP contribution in [0.4, 0.5) is 19.0 Å². The van der Waals surface area contributed by atoms with Crippen LogP contribution in [0.2, 0.25) is 0 Å². The Morgan fingerprint density at radius 3 is 2.68 bits per heavy atom. The number of rotatable bonds is 3. The highest BCUT2D eigenvalue weighted by molar-refractivity contribution is 5.81. The van der Waals surface area contributed by atoms with E-state index in [-0.39, 0.29) is 17.1 Å². The molecule has 0 amide bonds. The normalized spacial score (nSPS) is 11.3. The Morgan fingerprint density at radius 1 is 1.37 bits per heavy atom. The number of benzene rings is 1. The highest BCUT2D eigenvalue weighted by Gasteiger charge is 2.31. The van der Waals surface area contributed by atoms with Crippen molar-refractivity contribution in [3.05, 3.63) is 36.0 Å². The molecular weight excluding hydrogens is 263 g/mol. The molecule has 2 N–H and O–H groups in total. The number of aromatic nitrogens is 2. The molecule has 0 aliphatic heterocycles. The zero-order valence-electron chi connectivity index (χ0n) is 9.39. The van der Waals surface area contributed by atoms with E-state index in [0.717, 1.165) is 16.8 Å². The van der Waals surface area contributed by atoms with Gasteiger partial charge in [-0.25, -0.2) is 4.68 Å². The van der Waals surface area contributed by atoms with E-state index in [1.54, 1.807) is 0 Å². The van der Waals surface area contributed by atoms with Crippen molar-refractivity contribution in [2.24, 2.45) is 0 Å². The van der Waals surface area contributed by atoms with Gasteiger partial charge in [-0.15, -0.1) is 13.2 Å². The number of halogens is 3. The molecule has 0 radical (unpaired) electrons. The van der Waals surface area contributed by atoms with E-state index in [2.05, 4.69) is 9.84 Å². The van der Waals surface area contributed by atoms with Gasteiger partial charge in [-0.05, 0) is 12.1 Å². The molecular formula is C11H8F3N3O2. The first kappa shape index (κ1) is 12.9. The van der Waals surface area contributed by atoms with Gasteiger partial charge in [-0.1, -0.05) is 6.07 Å². The molecule has 0 aliphatic carbocycles. The number of alkyl halides is 3. The number of aldehydes is 1. The van der Waals surface area contributed by atoms with Crippen molar-refractivity contribution in [3.63, 3.8) is 0 Å². The minimum atomic E-state index is -4.78. The molecule has 0 bridgehead atoms. The molecule has 5 nitrogen and oxygen atoms in total. The van der Waals surface area contributed by atoms with Crippen molar-refractivity contribution in [3.8, 4) is 11.4 Å². The summed E-state index contributed by atoms with van der Waals surface area (Å²) in [5.74, 6) is -0.355. The van der Waals surface area contributed by atoms with E-state index in [0.29, 0.717) is 6.29 Å². The van der Waals surface area contributed by atoms with Gasteiger partial charge in [0, 0.05) is 6.07 Å². The second-order valence-corrected chi connectivity index (χ2v) is 3.56. The topological polar surface area (TPSA) is 70.1 Å². The summed E-state index contributed by atoms with van der Waals surface area (Å²) in [6, 6.07) is 5.11. The smallest absolute Gasteiger partial charge is 0.406 e. The molecule has 8 heteroatoms. The van der Waals surface area contributed by atoms with Gasteiger partial charge in [-0.3, -0.25) is 4.79 Å². The predicted molar refractivity (Wildman–Crippen MR) is 60.0 cm³/mol. The third kappa shape index (κ3) is 2.84. The van der Waals surface area contributed by atoms with Crippen LogP contribution in [0.1, 0.15) is 10.4 Å². The fourth-order valence-electron chi connectivity index (χ4n) is 1.48. The number of hydrogen-bond acceptors (Lipinski definition) is 4. The first-order valence-corrected chi connectivity index (χ1v) is 5.05. The van der Waals surface area contributed by atoms with Gasteiger partial charge in [0.25, 0.3) is 0 Å². The Labute approximate surface area is 105 Å². The minimum absolute atomic E-state index is 0.0409. The maximum Gasteiger partial charge on any atom is 0.573 e. The van der Waals surface area contributed by atoms with Gasteiger partial charge < -0.3 is 10.5 Å². The van der Waals surface area contributed by atoms with Gasteiger partial charge >= 0.3 is 6.36 Å². The van der Waals surface area contributed by atoms with E-state index in [1.807, 2.05) is 0 Å². The van der Waals surface area contributed by atoms with Crippen LogP contribution in [0.25, 0.3) is 5.69 Å². The highest BCUT2D eigenvalue weighted by Crippen LogP contribution is 2.25. The molecule has 0 unspecified atom stereocenters. The van der Waals surface area contributed by atoms with Crippen molar-refractivity contribution < 1.29 is 22.7 Å². The van der Waals surface area contributed by atoms with E-state index < -0.39 is 12.1 Å².